The van der Waals surface area contributed by atoms with E-state index in [4.69, 9.17) is 16.2 Å². The Bertz CT molecular complexity index is 567. The predicted octanol–water partition coefficient (Wildman–Crippen LogP) is 1.63. The number of nitrogens with two attached hydrogens (primary N) is 2. The van der Waals surface area contributed by atoms with Gasteiger partial charge in [0.25, 0.3) is 0 Å². The van der Waals surface area contributed by atoms with Crippen molar-refractivity contribution in [2.45, 2.75) is 25.4 Å². The number of anilines is 2. The summed E-state index contributed by atoms with van der Waals surface area (Å²) in [5.41, 5.74) is 10.7. The SMILES string of the molecule is CC1(OC(N)=O)CCN(c2cccc(N)c2[N+](=O)[O-])CC1. The lowest BCUT2D eigenvalue weighted by molar-refractivity contribution is -0.383. The molecule has 1 heterocycles. The molecule has 114 valence electrons. The summed E-state index contributed by atoms with van der Waals surface area (Å²) in [5.74, 6) is 0. The number of hydrogen-bond acceptors (Lipinski definition) is 6. The Labute approximate surface area is 121 Å². The van der Waals surface area contributed by atoms with Crippen LogP contribution in [0.25, 0.3) is 0 Å². The van der Waals surface area contributed by atoms with Crippen molar-refractivity contribution >= 4 is 23.2 Å². The highest BCUT2D eigenvalue weighted by atomic mass is 16.6. The Morgan fingerprint density at radius 1 is 1.43 bits per heavy atom. The molecule has 0 aliphatic carbocycles. The van der Waals surface area contributed by atoms with Crippen LogP contribution in [-0.4, -0.2) is 29.7 Å². The molecule has 2 rings (SSSR count). The minimum absolute atomic E-state index is 0.0862. The van der Waals surface area contributed by atoms with E-state index >= 15 is 0 Å². The molecular weight excluding hydrogens is 276 g/mol. The summed E-state index contributed by atoms with van der Waals surface area (Å²) in [7, 11) is 0. The number of hydrogen-bond donors (Lipinski definition) is 2. The third-order valence-electron chi connectivity index (χ3n) is 3.74. The number of carbonyl (C=O) groups excluding carboxylic acids is 1. The number of primary amides is 1. The van der Waals surface area contributed by atoms with E-state index in [1.165, 1.54) is 6.07 Å². The summed E-state index contributed by atoms with van der Waals surface area (Å²) >= 11 is 0. The molecule has 0 radical (unpaired) electrons. The molecule has 1 saturated heterocycles. The average molecular weight is 294 g/mol. The molecule has 1 amide bonds. The minimum atomic E-state index is -0.805. The number of para-hydroxylation sites is 1. The lowest BCUT2D eigenvalue weighted by atomic mass is 9.93. The molecule has 21 heavy (non-hydrogen) atoms. The maximum absolute atomic E-state index is 11.2. The monoisotopic (exact) mass is 294 g/mol. The van der Waals surface area contributed by atoms with Crippen LogP contribution in [0, 0.1) is 10.1 Å². The first kappa shape index (κ1) is 14.9. The Kier molecular flexibility index (Phi) is 3.88. The third kappa shape index (κ3) is 3.15. The average Bonchev–Trinajstić information content (AvgIpc) is 2.37. The fraction of sp³-hybridized carbons (Fsp3) is 0.462. The molecule has 8 heteroatoms. The Morgan fingerprint density at radius 3 is 2.57 bits per heavy atom. The second-order valence-corrected chi connectivity index (χ2v) is 5.33. The summed E-state index contributed by atoms with van der Waals surface area (Å²) in [6.45, 7) is 2.85. The van der Waals surface area contributed by atoms with Gasteiger partial charge in [-0.3, -0.25) is 10.1 Å². The second-order valence-electron chi connectivity index (χ2n) is 5.33. The minimum Gasteiger partial charge on any atom is -0.443 e. The topological polar surface area (TPSA) is 125 Å². The molecule has 0 unspecified atom stereocenters. The molecule has 1 aromatic carbocycles. The Hall–Kier alpha value is -2.51. The van der Waals surface area contributed by atoms with E-state index in [0.29, 0.717) is 31.6 Å². The van der Waals surface area contributed by atoms with Crippen molar-refractivity contribution in [3.8, 4) is 0 Å². The number of amides is 1. The third-order valence-corrected chi connectivity index (χ3v) is 3.74. The lowest BCUT2D eigenvalue weighted by Crippen LogP contribution is -2.46. The number of rotatable bonds is 3. The number of piperidine rings is 1. The summed E-state index contributed by atoms with van der Waals surface area (Å²) in [5, 5.41) is 11.2. The largest absolute Gasteiger partial charge is 0.443 e. The van der Waals surface area contributed by atoms with Gasteiger partial charge < -0.3 is 21.1 Å². The number of benzene rings is 1. The highest BCUT2D eigenvalue weighted by molar-refractivity contribution is 5.75. The van der Waals surface area contributed by atoms with Crippen LogP contribution in [0.1, 0.15) is 19.8 Å². The fourth-order valence-electron chi connectivity index (χ4n) is 2.57. The van der Waals surface area contributed by atoms with Crippen LogP contribution in [0.15, 0.2) is 18.2 Å². The first-order valence-corrected chi connectivity index (χ1v) is 6.59. The van der Waals surface area contributed by atoms with Crippen molar-refractivity contribution in [1.29, 1.82) is 0 Å². The van der Waals surface area contributed by atoms with E-state index in [-0.39, 0.29) is 11.4 Å². The molecule has 0 aromatic heterocycles. The number of nitro groups is 1. The zero-order valence-corrected chi connectivity index (χ0v) is 11.7. The smallest absolute Gasteiger partial charge is 0.405 e. The predicted molar refractivity (Wildman–Crippen MR) is 78.0 cm³/mol. The molecule has 0 atom stereocenters. The van der Waals surface area contributed by atoms with E-state index in [1.807, 2.05) is 11.8 Å². The number of carbonyl (C=O) groups is 1. The standard InChI is InChI=1S/C13H18N4O4/c1-13(21-12(15)18)5-7-16(8-6-13)10-4-2-3-9(14)11(10)17(19)20/h2-4H,5-8,14H2,1H3,(H2,15,18). The van der Waals surface area contributed by atoms with Crippen LogP contribution < -0.4 is 16.4 Å². The van der Waals surface area contributed by atoms with E-state index in [2.05, 4.69) is 0 Å². The molecule has 8 nitrogen and oxygen atoms in total. The summed E-state index contributed by atoms with van der Waals surface area (Å²) in [4.78, 5) is 23.5. The van der Waals surface area contributed by atoms with E-state index < -0.39 is 16.6 Å². The van der Waals surface area contributed by atoms with Crippen molar-refractivity contribution in [3.05, 3.63) is 28.3 Å². The first-order valence-electron chi connectivity index (χ1n) is 6.59. The van der Waals surface area contributed by atoms with Crippen LogP contribution in [0.2, 0.25) is 0 Å². The van der Waals surface area contributed by atoms with E-state index in [9.17, 15) is 14.9 Å². The number of nitro benzene ring substituents is 1. The maximum Gasteiger partial charge on any atom is 0.405 e. The van der Waals surface area contributed by atoms with Gasteiger partial charge in [-0.1, -0.05) is 6.07 Å². The lowest BCUT2D eigenvalue weighted by Gasteiger charge is -2.39. The molecule has 0 spiro atoms. The van der Waals surface area contributed by atoms with E-state index in [0.717, 1.165) is 0 Å². The van der Waals surface area contributed by atoms with Gasteiger partial charge in [-0.05, 0) is 19.1 Å². The van der Waals surface area contributed by atoms with Gasteiger partial charge in [0.1, 0.15) is 17.0 Å². The number of ether oxygens (including phenoxy) is 1. The first-order chi connectivity index (χ1) is 9.82. The Morgan fingerprint density at radius 2 is 2.05 bits per heavy atom. The molecule has 0 bridgehead atoms. The van der Waals surface area contributed by atoms with Crippen LogP contribution >= 0.6 is 0 Å². The molecule has 4 N–H and O–H groups in total. The summed E-state index contributed by atoms with van der Waals surface area (Å²) < 4.78 is 5.12. The Balaban J connectivity index is 2.18. The van der Waals surface area contributed by atoms with Gasteiger partial charge in [0.2, 0.25) is 0 Å². The molecule has 1 aliphatic heterocycles. The molecule has 1 fully saturated rings. The van der Waals surface area contributed by atoms with Gasteiger partial charge in [0.05, 0.1) is 4.92 Å². The van der Waals surface area contributed by atoms with Crippen molar-refractivity contribution in [2.24, 2.45) is 5.73 Å². The summed E-state index contributed by atoms with van der Waals surface area (Å²) in [6, 6.07) is 4.86. The van der Waals surface area contributed by atoms with Crippen LogP contribution in [0.5, 0.6) is 0 Å². The van der Waals surface area contributed by atoms with Crippen LogP contribution in [0.3, 0.4) is 0 Å². The second kappa shape index (κ2) is 5.47. The van der Waals surface area contributed by atoms with Crippen molar-refractivity contribution in [2.75, 3.05) is 23.7 Å². The molecule has 1 aliphatic rings. The van der Waals surface area contributed by atoms with Crippen LogP contribution in [-0.2, 0) is 4.74 Å². The van der Waals surface area contributed by atoms with Gasteiger partial charge in [0.15, 0.2) is 0 Å². The molecular formula is C13H18N4O4. The highest BCUT2D eigenvalue weighted by Gasteiger charge is 2.35. The highest BCUT2D eigenvalue weighted by Crippen LogP contribution is 2.37. The maximum atomic E-state index is 11.2. The van der Waals surface area contributed by atoms with Crippen LogP contribution in [0.4, 0.5) is 21.9 Å². The molecule has 1 aromatic rings. The van der Waals surface area contributed by atoms with Gasteiger partial charge in [-0.15, -0.1) is 0 Å². The zero-order chi connectivity index (χ0) is 15.6. The van der Waals surface area contributed by atoms with Gasteiger partial charge in [0, 0.05) is 25.9 Å². The van der Waals surface area contributed by atoms with Gasteiger partial charge >= 0.3 is 11.8 Å². The number of nitrogens with zero attached hydrogens (tertiary/aromatic N) is 2. The van der Waals surface area contributed by atoms with Gasteiger partial charge in [-0.25, -0.2) is 4.79 Å². The molecule has 0 saturated carbocycles. The fourth-order valence-corrected chi connectivity index (χ4v) is 2.57. The van der Waals surface area contributed by atoms with E-state index in [1.54, 1.807) is 12.1 Å². The van der Waals surface area contributed by atoms with Gasteiger partial charge in [-0.2, -0.15) is 0 Å². The number of nitrogen functional groups attached to an aromatic ring is 1. The quantitative estimate of drug-likeness (QED) is 0.496. The van der Waals surface area contributed by atoms with Crippen molar-refractivity contribution in [1.82, 2.24) is 0 Å². The zero-order valence-electron chi connectivity index (χ0n) is 11.7. The van der Waals surface area contributed by atoms with Crippen molar-refractivity contribution < 1.29 is 14.5 Å². The van der Waals surface area contributed by atoms with Crippen molar-refractivity contribution in [3.63, 3.8) is 0 Å². The summed E-state index contributed by atoms with van der Waals surface area (Å²) in [6.07, 6.45) is 0.282. The normalized spacial score (nSPS) is 17.3.